The fourth-order valence-electron chi connectivity index (χ4n) is 1.62. The van der Waals surface area contributed by atoms with Gasteiger partial charge < -0.3 is 10.5 Å². The first-order chi connectivity index (χ1) is 9.31. The molecule has 112 valence electrons. The van der Waals surface area contributed by atoms with E-state index < -0.39 is 31.6 Å². The fourth-order valence-corrected chi connectivity index (χ4v) is 3.08. The highest BCUT2D eigenvalue weighted by Gasteiger charge is 2.27. The van der Waals surface area contributed by atoms with Gasteiger partial charge in [-0.25, -0.2) is 13.1 Å². The number of nitrogens with one attached hydrogen (secondary N) is 1. The van der Waals surface area contributed by atoms with Gasteiger partial charge in [-0.1, -0.05) is 6.92 Å². The summed E-state index contributed by atoms with van der Waals surface area (Å²) in [6, 6.07) is 2.99. The molecule has 1 unspecified atom stereocenters. The molecule has 20 heavy (non-hydrogen) atoms. The minimum absolute atomic E-state index is 0.125. The molecule has 0 heterocycles. The quantitative estimate of drug-likeness (QED) is 0.437. The third-order valence-corrected chi connectivity index (χ3v) is 4.22. The Morgan fingerprint density at radius 3 is 2.65 bits per heavy atom. The molecule has 1 atom stereocenters. The summed E-state index contributed by atoms with van der Waals surface area (Å²) in [5.74, 6) is 0. The van der Waals surface area contributed by atoms with E-state index in [1.807, 2.05) is 0 Å². The molecule has 0 aromatic heterocycles. The Kier molecular flexibility index (Phi) is 5.43. The van der Waals surface area contributed by atoms with Crippen molar-refractivity contribution in [3.63, 3.8) is 0 Å². The Labute approximate surface area is 117 Å². The lowest BCUT2D eigenvalue weighted by molar-refractivity contribution is -0.387. The zero-order chi connectivity index (χ0) is 15.3. The van der Waals surface area contributed by atoms with Crippen molar-refractivity contribution in [1.29, 1.82) is 0 Å². The predicted molar refractivity (Wildman–Crippen MR) is 73.8 cm³/mol. The number of nitrogen functional groups attached to an aromatic ring is 1. The van der Waals surface area contributed by atoms with Crippen LogP contribution in [0.25, 0.3) is 0 Å². The van der Waals surface area contributed by atoms with Crippen LogP contribution in [0.4, 0.5) is 11.4 Å². The highest BCUT2D eigenvalue weighted by Crippen LogP contribution is 2.26. The normalized spacial score (nSPS) is 13.1. The van der Waals surface area contributed by atoms with Gasteiger partial charge in [0, 0.05) is 24.9 Å². The smallest absolute Gasteiger partial charge is 0.291 e. The predicted octanol–water partition coefficient (Wildman–Crippen LogP) is 0.880. The zero-order valence-electron chi connectivity index (χ0n) is 11.2. The third-order valence-electron chi connectivity index (χ3n) is 2.65. The van der Waals surface area contributed by atoms with E-state index in [0.29, 0.717) is 6.42 Å². The van der Waals surface area contributed by atoms with Crippen molar-refractivity contribution in [2.45, 2.75) is 24.3 Å². The Hall–Kier alpha value is -1.71. The molecule has 1 rings (SSSR count). The molecule has 1 aromatic carbocycles. The number of benzene rings is 1. The molecule has 0 bridgehead atoms. The van der Waals surface area contributed by atoms with Gasteiger partial charge in [0.15, 0.2) is 4.90 Å². The molecular weight excluding hydrogens is 286 g/mol. The van der Waals surface area contributed by atoms with Gasteiger partial charge in [-0.3, -0.25) is 10.1 Å². The first-order valence-electron chi connectivity index (χ1n) is 5.87. The summed E-state index contributed by atoms with van der Waals surface area (Å²) < 4.78 is 31.7. The summed E-state index contributed by atoms with van der Waals surface area (Å²) in [6.45, 7) is 1.96. The first-order valence-corrected chi connectivity index (χ1v) is 7.35. The molecule has 1 aromatic rings. The van der Waals surface area contributed by atoms with E-state index in [0.717, 1.165) is 12.1 Å². The Bertz CT molecular complexity index is 588. The molecule has 0 aliphatic rings. The molecule has 0 saturated carbocycles. The van der Waals surface area contributed by atoms with Gasteiger partial charge in [0.1, 0.15) is 0 Å². The maximum atomic E-state index is 12.2. The van der Waals surface area contributed by atoms with Crippen molar-refractivity contribution < 1.29 is 18.1 Å². The number of ether oxygens (including phenoxy) is 1. The SMILES string of the molecule is CCC(COC)NS(=O)(=O)c1ccc(N)cc1[N+](=O)[O-]. The molecule has 0 amide bonds. The van der Waals surface area contributed by atoms with E-state index in [-0.39, 0.29) is 12.3 Å². The van der Waals surface area contributed by atoms with Crippen molar-refractivity contribution in [3.8, 4) is 0 Å². The fraction of sp³-hybridized carbons (Fsp3) is 0.455. The molecular formula is C11H17N3O5S. The van der Waals surface area contributed by atoms with Crippen LogP contribution in [0.3, 0.4) is 0 Å². The van der Waals surface area contributed by atoms with Crippen LogP contribution < -0.4 is 10.5 Å². The lowest BCUT2D eigenvalue weighted by atomic mass is 10.3. The van der Waals surface area contributed by atoms with E-state index in [1.54, 1.807) is 6.92 Å². The van der Waals surface area contributed by atoms with Crippen LogP contribution in [0.2, 0.25) is 0 Å². The number of anilines is 1. The molecule has 3 N–H and O–H groups in total. The topological polar surface area (TPSA) is 125 Å². The Morgan fingerprint density at radius 1 is 1.50 bits per heavy atom. The minimum atomic E-state index is -4.01. The molecule has 0 spiro atoms. The van der Waals surface area contributed by atoms with E-state index in [2.05, 4.69) is 4.72 Å². The number of nitro benzene ring substituents is 1. The number of nitrogens with zero attached hydrogens (tertiary/aromatic N) is 1. The highest BCUT2D eigenvalue weighted by molar-refractivity contribution is 7.89. The highest BCUT2D eigenvalue weighted by atomic mass is 32.2. The van der Waals surface area contributed by atoms with E-state index in [1.165, 1.54) is 13.2 Å². The van der Waals surface area contributed by atoms with Crippen molar-refractivity contribution >= 4 is 21.4 Å². The number of methoxy groups -OCH3 is 1. The zero-order valence-corrected chi connectivity index (χ0v) is 12.0. The maximum absolute atomic E-state index is 12.2. The number of sulfonamides is 1. The summed E-state index contributed by atoms with van der Waals surface area (Å²) in [7, 11) is -2.57. The minimum Gasteiger partial charge on any atom is -0.399 e. The molecule has 0 aliphatic carbocycles. The van der Waals surface area contributed by atoms with Crippen LogP contribution in [0, 0.1) is 10.1 Å². The van der Waals surface area contributed by atoms with Crippen LogP contribution in [0.5, 0.6) is 0 Å². The summed E-state index contributed by atoms with van der Waals surface area (Å²) in [6.07, 6.45) is 0.496. The van der Waals surface area contributed by atoms with Crippen molar-refractivity contribution in [2.75, 3.05) is 19.5 Å². The van der Waals surface area contributed by atoms with Gasteiger partial charge in [0.2, 0.25) is 10.0 Å². The summed E-state index contributed by atoms with van der Waals surface area (Å²) >= 11 is 0. The first kappa shape index (κ1) is 16.3. The largest absolute Gasteiger partial charge is 0.399 e. The maximum Gasteiger partial charge on any atom is 0.291 e. The van der Waals surface area contributed by atoms with Crippen LogP contribution in [-0.4, -0.2) is 33.1 Å². The van der Waals surface area contributed by atoms with Crippen LogP contribution >= 0.6 is 0 Å². The lowest BCUT2D eigenvalue weighted by Crippen LogP contribution is -2.37. The molecule has 0 radical (unpaired) electrons. The second-order valence-electron chi connectivity index (χ2n) is 4.17. The number of nitrogens with two attached hydrogens (primary N) is 1. The number of nitro groups is 1. The third kappa shape index (κ3) is 3.89. The number of rotatable bonds is 7. The average molecular weight is 303 g/mol. The standard InChI is InChI=1S/C11H17N3O5S/c1-3-9(7-19-2)13-20(17,18)11-5-4-8(12)6-10(11)14(15)16/h4-6,9,13H,3,7,12H2,1-2H3. The van der Waals surface area contributed by atoms with E-state index in [4.69, 9.17) is 10.5 Å². The number of hydrogen-bond donors (Lipinski definition) is 2. The van der Waals surface area contributed by atoms with Crippen LogP contribution in [0.1, 0.15) is 13.3 Å². The van der Waals surface area contributed by atoms with Crippen molar-refractivity contribution in [2.24, 2.45) is 0 Å². The van der Waals surface area contributed by atoms with Gasteiger partial charge in [0.25, 0.3) is 5.69 Å². The monoisotopic (exact) mass is 303 g/mol. The van der Waals surface area contributed by atoms with E-state index in [9.17, 15) is 18.5 Å². The Balaban J connectivity index is 3.18. The van der Waals surface area contributed by atoms with Gasteiger partial charge in [0.05, 0.1) is 11.5 Å². The molecule has 0 saturated heterocycles. The lowest BCUT2D eigenvalue weighted by Gasteiger charge is -2.16. The average Bonchev–Trinajstić information content (AvgIpc) is 2.37. The van der Waals surface area contributed by atoms with Gasteiger partial charge in [-0.2, -0.15) is 0 Å². The van der Waals surface area contributed by atoms with E-state index >= 15 is 0 Å². The van der Waals surface area contributed by atoms with Crippen LogP contribution in [0.15, 0.2) is 23.1 Å². The second kappa shape index (κ2) is 6.64. The van der Waals surface area contributed by atoms with Crippen molar-refractivity contribution in [1.82, 2.24) is 4.72 Å². The van der Waals surface area contributed by atoms with Gasteiger partial charge in [-0.05, 0) is 18.6 Å². The van der Waals surface area contributed by atoms with Gasteiger partial charge in [-0.15, -0.1) is 0 Å². The molecule has 9 heteroatoms. The summed E-state index contributed by atoms with van der Waals surface area (Å²) in [5.41, 5.74) is 5.02. The van der Waals surface area contributed by atoms with Crippen molar-refractivity contribution in [3.05, 3.63) is 28.3 Å². The second-order valence-corrected chi connectivity index (χ2v) is 5.85. The molecule has 8 nitrogen and oxygen atoms in total. The van der Waals surface area contributed by atoms with Crippen LogP contribution in [-0.2, 0) is 14.8 Å². The molecule has 0 aliphatic heterocycles. The van der Waals surface area contributed by atoms with Gasteiger partial charge >= 0.3 is 0 Å². The summed E-state index contributed by atoms with van der Waals surface area (Å²) in [5, 5.41) is 10.9. The summed E-state index contributed by atoms with van der Waals surface area (Å²) in [4.78, 5) is 9.75. The Morgan fingerprint density at radius 2 is 2.15 bits per heavy atom. The number of hydrogen-bond acceptors (Lipinski definition) is 6. The molecule has 0 fully saturated rings.